The molecule has 3 N–H and O–H groups in total. The Morgan fingerprint density at radius 2 is 1.92 bits per heavy atom. The average Bonchev–Trinajstić information content (AvgIpc) is 3.32. The van der Waals surface area contributed by atoms with Crippen LogP contribution >= 0.6 is 11.3 Å². The van der Waals surface area contributed by atoms with E-state index in [0.29, 0.717) is 36.3 Å². The summed E-state index contributed by atoms with van der Waals surface area (Å²) < 4.78 is 1.18. The van der Waals surface area contributed by atoms with E-state index >= 15 is 0 Å². The molecule has 1 aliphatic rings. The van der Waals surface area contributed by atoms with Crippen molar-refractivity contribution in [3.8, 4) is 0 Å². The zero-order valence-electron chi connectivity index (χ0n) is 22.4. The molecule has 198 valence electrons. The third-order valence-electron chi connectivity index (χ3n) is 7.35. The number of likely N-dealkylation sites (tertiary alicyclic amines) is 1. The van der Waals surface area contributed by atoms with E-state index in [2.05, 4.69) is 49.3 Å². The van der Waals surface area contributed by atoms with Gasteiger partial charge in [0.15, 0.2) is 0 Å². The van der Waals surface area contributed by atoms with Crippen LogP contribution in [0.15, 0.2) is 30.5 Å². The zero-order chi connectivity index (χ0) is 26.5. The number of hydrogen-bond donors (Lipinski definition) is 2. The molecule has 3 heterocycles. The number of thiazole rings is 1. The Bertz CT molecular complexity index is 1250. The number of anilines is 2. The first-order valence-electron chi connectivity index (χ1n) is 13.6. The number of carbonyl (C=O) groups excluding carboxylic acids is 2. The number of piperidine rings is 1. The number of fused-ring (bicyclic) bond motifs is 1. The van der Waals surface area contributed by atoms with E-state index in [0.717, 1.165) is 55.2 Å². The van der Waals surface area contributed by atoms with Crippen LogP contribution in [0.4, 0.5) is 11.5 Å². The van der Waals surface area contributed by atoms with E-state index in [-0.39, 0.29) is 6.04 Å². The van der Waals surface area contributed by atoms with Gasteiger partial charge in [0, 0.05) is 12.5 Å². The van der Waals surface area contributed by atoms with E-state index in [9.17, 15) is 9.59 Å². The molecule has 1 aromatic carbocycles. The van der Waals surface area contributed by atoms with E-state index in [4.69, 9.17) is 10.7 Å². The van der Waals surface area contributed by atoms with Crippen molar-refractivity contribution in [3.63, 3.8) is 0 Å². The lowest BCUT2D eigenvalue weighted by Crippen LogP contribution is -2.46. The summed E-state index contributed by atoms with van der Waals surface area (Å²) in [7, 11) is 0. The van der Waals surface area contributed by atoms with Crippen LogP contribution in [0.1, 0.15) is 94.3 Å². The SMILES string of the molecule is CCCC(CCC)c1nc2cc([C@H]3CCC(C)CN3C(=O)C(=O)Nc3cnc(N)c(CC)c3)ccc2s1. The second kappa shape index (κ2) is 12.0. The Balaban J connectivity index is 1.57. The molecule has 0 bridgehead atoms. The van der Waals surface area contributed by atoms with Crippen LogP contribution in [-0.2, 0) is 16.0 Å². The molecule has 1 aliphatic heterocycles. The van der Waals surface area contributed by atoms with E-state index in [1.54, 1.807) is 22.3 Å². The number of nitrogens with zero attached hydrogens (tertiary/aromatic N) is 3. The summed E-state index contributed by atoms with van der Waals surface area (Å²) in [5, 5.41) is 3.95. The molecule has 2 atom stereocenters. The Hall–Kier alpha value is -3.00. The van der Waals surface area contributed by atoms with Gasteiger partial charge >= 0.3 is 11.8 Å². The molecule has 4 rings (SSSR count). The first-order valence-corrected chi connectivity index (χ1v) is 14.4. The summed E-state index contributed by atoms with van der Waals surface area (Å²) in [5.74, 6) is 0.108. The number of nitrogen functional groups attached to an aromatic ring is 1. The summed E-state index contributed by atoms with van der Waals surface area (Å²) in [6.45, 7) is 9.11. The van der Waals surface area contributed by atoms with Crippen molar-refractivity contribution in [1.29, 1.82) is 0 Å². The fourth-order valence-corrected chi connectivity index (χ4v) is 6.46. The molecule has 2 aromatic heterocycles. The highest BCUT2D eigenvalue weighted by Crippen LogP contribution is 2.37. The van der Waals surface area contributed by atoms with E-state index in [1.807, 2.05) is 6.92 Å². The maximum absolute atomic E-state index is 13.4. The topological polar surface area (TPSA) is 101 Å². The van der Waals surface area contributed by atoms with Crippen LogP contribution < -0.4 is 11.1 Å². The minimum atomic E-state index is -0.647. The first-order chi connectivity index (χ1) is 17.8. The van der Waals surface area contributed by atoms with Crippen molar-refractivity contribution in [2.45, 2.75) is 84.6 Å². The van der Waals surface area contributed by atoms with Crippen molar-refractivity contribution in [3.05, 3.63) is 46.6 Å². The minimum absolute atomic E-state index is 0.151. The largest absolute Gasteiger partial charge is 0.383 e. The maximum Gasteiger partial charge on any atom is 0.313 e. The molecular weight excluding hydrogens is 482 g/mol. The smallest absolute Gasteiger partial charge is 0.313 e. The monoisotopic (exact) mass is 521 g/mol. The Morgan fingerprint density at radius 1 is 1.16 bits per heavy atom. The second-order valence-corrected chi connectivity index (χ2v) is 11.3. The Labute approximate surface area is 223 Å². The van der Waals surface area contributed by atoms with Crippen LogP contribution in [0.25, 0.3) is 10.2 Å². The molecule has 0 aliphatic carbocycles. The normalized spacial score (nSPS) is 17.9. The van der Waals surface area contributed by atoms with Crippen molar-refractivity contribution in [1.82, 2.24) is 14.9 Å². The van der Waals surface area contributed by atoms with Crippen LogP contribution in [-0.4, -0.2) is 33.2 Å². The molecule has 2 amide bonds. The molecule has 8 heteroatoms. The molecule has 1 unspecified atom stereocenters. The lowest BCUT2D eigenvalue weighted by atomic mass is 9.89. The Morgan fingerprint density at radius 3 is 2.62 bits per heavy atom. The number of carbonyl (C=O) groups is 2. The number of aryl methyl sites for hydroxylation is 1. The molecule has 1 fully saturated rings. The van der Waals surface area contributed by atoms with Crippen LogP contribution in [0.3, 0.4) is 0 Å². The molecular formula is C29H39N5O2S. The fourth-order valence-electron chi connectivity index (χ4n) is 5.34. The highest BCUT2D eigenvalue weighted by atomic mass is 32.1. The maximum atomic E-state index is 13.4. The van der Waals surface area contributed by atoms with Crippen LogP contribution in [0.5, 0.6) is 0 Å². The predicted molar refractivity (Wildman–Crippen MR) is 152 cm³/mol. The lowest BCUT2D eigenvalue weighted by molar-refractivity contribution is -0.146. The Kier molecular flexibility index (Phi) is 8.79. The number of hydrogen-bond acceptors (Lipinski definition) is 6. The molecule has 0 spiro atoms. The van der Waals surface area contributed by atoms with Crippen molar-refractivity contribution < 1.29 is 9.59 Å². The van der Waals surface area contributed by atoms with Crippen molar-refractivity contribution in [2.75, 3.05) is 17.6 Å². The van der Waals surface area contributed by atoms with Gasteiger partial charge in [-0.2, -0.15) is 0 Å². The number of amides is 2. The highest BCUT2D eigenvalue weighted by molar-refractivity contribution is 7.18. The number of benzene rings is 1. The number of nitrogens with two attached hydrogens (primary N) is 1. The summed E-state index contributed by atoms with van der Waals surface area (Å²) in [6, 6.07) is 7.99. The third-order valence-corrected chi connectivity index (χ3v) is 8.55. The first kappa shape index (κ1) is 27.0. The number of nitrogens with one attached hydrogen (secondary N) is 1. The quantitative estimate of drug-likeness (QED) is 0.331. The second-order valence-electron chi connectivity index (χ2n) is 10.3. The average molecular weight is 522 g/mol. The highest BCUT2D eigenvalue weighted by Gasteiger charge is 2.34. The molecule has 7 nitrogen and oxygen atoms in total. The van der Waals surface area contributed by atoms with E-state index in [1.165, 1.54) is 15.9 Å². The van der Waals surface area contributed by atoms with Crippen LogP contribution in [0.2, 0.25) is 0 Å². The number of aromatic nitrogens is 2. The van der Waals surface area contributed by atoms with Gasteiger partial charge in [-0.25, -0.2) is 9.97 Å². The molecule has 3 aromatic rings. The van der Waals surface area contributed by atoms with Gasteiger partial charge in [0.2, 0.25) is 0 Å². The van der Waals surface area contributed by atoms with Gasteiger partial charge in [-0.3, -0.25) is 9.59 Å². The summed E-state index contributed by atoms with van der Waals surface area (Å²) in [6.07, 6.45) is 8.63. The summed E-state index contributed by atoms with van der Waals surface area (Å²) in [4.78, 5) is 37.3. The fraction of sp³-hybridized carbons (Fsp3) is 0.517. The van der Waals surface area contributed by atoms with Gasteiger partial charge in [-0.1, -0.05) is 46.6 Å². The van der Waals surface area contributed by atoms with Gasteiger partial charge in [0.1, 0.15) is 5.82 Å². The molecule has 0 saturated carbocycles. The van der Waals surface area contributed by atoms with E-state index < -0.39 is 11.8 Å². The number of rotatable bonds is 8. The summed E-state index contributed by atoms with van der Waals surface area (Å²) in [5.41, 5.74) is 9.25. The zero-order valence-corrected chi connectivity index (χ0v) is 23.2. The number of pyridine rings is 1. The molecule has 0 radical (unpaired) electrons. The van der Waals surface area contributed by atoms with Crippen LogP contribution in [0, 0.1) is 5.92 Å². The van der Waals surface area contributed by atoms with Gasteiger partial charge in [0.25, 0.3) is 0 Å². The third kappa shape index (κ3) is 6.12. The summed E-state index contributed by atoms with van der Waals surface area (Å²) >= 11 is 1.79. The van der Waals surface area contributed by atoms with Gasteiger partial charge < -0.3 is 16.0 Å². The van der Waals surface area contributed by atoms with Crippen molar-refractivity contribution >= 4 is 44.9 Å². The van der Waals surface area contributed by atoms with Gasteiger partial charge in [0.05, 0.1) is 33.2 Å². The standard InChI is InChI=1S/C29H39N5O2S/c1-5-8-20(9-6-2)28-33-23-15-21(11-13-25(23)37-28)24-12-10-18(4)17-34(24)29(36)27(35)32-22-14-19(7-3)26(30)31-16-22/h11,13-16,18,20,24H,5-10,12,17H2,1-4H3,(H2,30,31)(H,32,35)/t18?,24-/m1/s1. The molecule has 37 heavy (non-hydrogen) atoms. The predicted octanol–water partition coefficient (Wildman–Crippen LogP) is 6.46. The van der Waals surface area contributed by atoms with Crippen molar-refractivity contribution in [2.24, 2.45) is 5.92 Å². The van der Waals surface area contributed by atoms with Gasteiger partial charge in [-0.15, -0.1) is 11.3 Å². The van der Waals surface area contributed by atoms with Gasteiger partial charge in [-0.05, 0) is 67.3 Å². The molecule has 1 saturated heterocycles. The minimum Gasteiger partial charge on any atom is -0.383 e. The lowest BCUT2D eigenvalue weighted by Gasteiger charge is -2.38.